The molecule has 0 saturated heterocycles. The van der Waals surface area contributed by atoms with Crippen molar-refractivity contribution in [3.8, 4) is 0 Å². The maximum Gasteiger partial charge on any atom is 0.226 e. The number of carbonyl (C=O) groups is 1. The number of unbranched alkanes of at least 4 members (excludes halogenated alkanes) is 1. The van der Waals surface area contributed by atoms with E-state index in [0.717, 1.165) is 32.4 Å². The van der Waals surface area contributed by atoms with Crippen LogP contribution in [0.4, 0.5) is 0 Å². The number of amides is 1. The molecule has 3 atom stereocenters. The van der Waals surface area contributed by atoms with Gasteiger partial charge in [0, 0.05) is 37.6 Å². The topological polar surface area (TPSA) is 41.6 Å². The molecule has 0 radical (unpaired) electrons. The molecule has 1 aliphatic carbocycles. The van der Waals surface area contributed by atoms with Crippen LogP contribution >= 0.6 is 0 Å². The van der Waals surface area contributed by atoms with Gasteiger partial charge >= 0.3 is 0 Å². The van der Waals surface area contributed by atoms with E-state index in [1.807, 2.05) is 25.9 Å². The van der Waals surface area contributed by atoms with E-state index in [4.69, 9.17) is 4.74 Å². The van der Waals surface area contributed by atoms with Crippen molar-refractivity contribution >= 4 is 5.91 Å². The number of nitrogens with zero attached hydrogens (tertiary/aromatic N) is 1. The van der Waals surface area contributed by atoms with Gasteiger partial charge in [-0.05, 0) is 19.9 Å². The predicted molar refractivity (Wildman–Crippen MR) is 82.7 cm³/mol. The lowest BCUT2D eigenvalue weighted by atomic mass is 9.63. The molecule has 0 spiro atoms. The molecule has 1 amide bonds. The molecule has 0 aromatic carbocycles. The predicted octanol–water partition coefficient (Wildman–Crippen LogP) is 2.28. The largest absolute Gasteiger partial charge is 0.378 e. The van der Waals surface area contributed by atoms with Crippen LogP contribution in [0.25, 0.3) is 0 Å². The zero-order valence-electron chi connectivity index (χ0n) is 14.0. The molecular weight excluding hydrogens is 252 g/mol. The Balaban J connectivity index is 2.51. The van der Waals surface area contributed by atoms with E-state index in [9.17, 15) is 4.79 Å². The molecule has 0 aromatic rings. The average Bonchev–Trinajstić information content (AvgIpc) is 2.40. The monoisotopic (exact) mass is 284 g/mol. The summed E-state index contributed by atoms with van der Waals surface area (Å²) in [4.78, 5) is 14.3. The fourth-order valence-electron chi connectivity index (χ4n) is 3.07. The molecule has 1 aliphatic rings. The summed E-state index contributed by atoms with van der Waals surface area (Å²) >= 11 is 0. The third-order valence-electron chi connectivity index (χ3n) is 4.69. The van der Waals surface area contributed by atoms with E-state index in [0.29, 0.717) is 6.04 Å². The Hall–Kier alpha value is -0.610. The maximum atomic E-state index is 12.4. The molecule has 1 rings (SSSR count). The first kappa shape index (κ1) is 17.4. The molecule has 1 saturated carbocycles. The van der Waals surface area contributed by atoms with Crippen LogP contribution in [-0.2, 0) is 9.53 Å². The zero-order valence-corrected chi connectivity index (χ0v) is 14.0. The molecular formula is C16H32N2O2. The summed E-state index contributed by atoms with van der Waals surface area (Å²) in [5.74, 6) is 0.255. The van der Waals surface area contributed by atoms with Gasteiger partial charge in [0.15, 0.2) is 0 Å². The standard InChI is InChI=1S/C16H32N2O2/c1-7-8-9-20-14-10-13(16(14,3)4)18(6)15(19)12(2)11-17-5/h12-14,17H,7-11H2,1-6H3. The van der Waals surface area contributed by atoms with Gasteiger partial charge < -0.3 is 15.0 Å². The Morgan fingerprint density at radius 3 is 2.65 bits per heavy atom. The first-order valence-electron chi connectivity index (χ1n) is 7.89. The van der Waals surface area contributed by atoms with Gasteiger partial charge in [-0.1, -0.05) is 34.1 Å². The second-order valence-corrected chi connectivity index (χ2v) is 6.69. The quantitative estimate of drug-likeness (QED) is 0.695. The highest BCUT2D eigenvalue weighted by Crippen LogP contribution is 2.45. The van der Waals surface area contributed by atoms with Crippen molar-refractivity contribution < 1.29 is 9.53 Å². The minimum Gasteiger partial charge on any atom is -0.378 e. The lowest BCUT2D eigenvalue weighted by molar-refractivity contribution is -0.167. The number of hydrogen-bond donors (Lipinski definition) is 1. The van der Waals surface area contributed by atoms with Crippen LogP contribution in [-0.4, -0.2) is 50.2 Å². The Kier molecular flexibility index (Phi) is 6.46. The lowest BCUT2D eigenvalue weighted by Crippen LogP contribution is -2.63. The average molecular weight is 284 g/mol. The van der Waals surface area contributed by atoms with Gasteiger partial charge in [0.2, 0.25) is 5.91 Å². The molecule has 3 unspecified atom stereocenters. The summed E-state index contributed by atoms with van der Waals surface area (Å²) in [6, 6.07) is 0.293. The van der Waals surface area contributed by atoms with E-state index < -0.39 is 0 Å². The minimum absolute atomic E-state index is 0.0286. The first-order valence-corrected chi connectivity index (χ1v) is 7.89. The number of ether oxygens (including phenoxy) is 1. The van der Waals surface area contributed by atoms with Crippen molar-refractivity contribution in [2.75, 3.05) is 27.2 Å². The van der Waals surface area contributed by atoms with Crippen LogP contribution < -0.4 is 5.32 Å². The molecule has 1 fully saturated rings. The normalized spacial score (nSPS) is 25.9. The Labute approximate surface area is 124 Å². The fourth-order valence-corrected chi connectivity index (χ4v) is 3.07. The van der Waals surface area contributed by atoms with Crippen LogP contribution in [0.1, 0.15) is 47.0 Å². The Morgan fingerprint density at radius 1 is 1.50 bits per heavy atom. The summed E-state index contributed by atoms with van der Waals surface area (Å²) in [5.41, 5.74) is 0.0531. The number of rotatable bonds is 8. The molecule has 0 aromatic heterocycles. The van der Waals surface area contributed by atoms with E-state index in [1.165, 1.54) is 0 Å². The number of carbonyl (C=O) groups excluding carboxylic acids is 1. The van der Waals surface area contributed by atoms with Crippen molar-refractivity contribution in [2.45, 2.75) is 59.1 Å². The van der Waals surface area contributed by atoms with E-state index in [2.05, 4.69) is 26.1 Å². The molecule has 118 valence electrons. The highest BCUT2D eigenvalue weighted by molar-refractivity contribution is 5.79. The van der Waals surface area contributed by atoms with E-state index >= 15 is 0 Å². The summed E-state index contributed by atoms with van der Waals surface area (Å²) in [5, 5.41) is 3.07. The van der Waals surface area contributed by atoms with Crippen LogP contribution in [0.15, 0.2) is 0 Å². The second kappa shape index (κ2) is 7.41. The number of hydrogen-bond acceptors (Lipinski definition) is 3. The van der Waals surface area contributed by atoms with Crippen molar-refractivity contribution in [1.29, 1.82) is 0 Å². The van der Waals surface area contributed by atoms with Crippen LogP contribution in [0.5, 0.6) is 0 Å². The highest BCUT2D eigenvalue weighted by Gasteiger charge is 2.52. The van der Waals surface area contributed by atoms with E-state index in [-0.39, 0.29) is 23.3 Å². The first-order chi connectivity index (χ1) is 9.36. The Morgan fingerprint density at radius 2 is 2.15 bits per heavy atom. The molecule has 4 nitrogen and oxygen atoms in total. The van der Waals surface area contributed by atoms with Crippen molar-refractivity contribution in [3.63, 3.8) is 0 Å². The number of nitrogens with one attached hydrogen (secondary N) is 1. The molecule has 0 heterocycles. The maximum absolute atomic E-state index is 12.4. The van der Waals surface area contributed by atoms with Crippen molar-refractivity contribution in [1.82, 2.24) is 10.2 Å². The molecule has 0 aliphatic heterocycles. The molecule has 4 heteroatoms. The van der Waals surface area contributed by atoms with Crippen LogP contribution in [0, 0.1) is 11.3 Å². The molecule has 0 bridgehead atoms. The fraction of sp³-hybridized carbons (Fsp3) is 0.938. The van der Waals surface area contributed by atoms with Gasteiger partial charge in [-0.15, -0.1) is 0 Å². The molecule has 20 heavy (non-hydrogen) atoms. The summed E-state index contributed by atoms with van der Waals surface area (Å²) in [6.45, 7) is 10.1. The van der Waals surface area contributed by atoms with Crippen molar-refractivity contribution in [2.24, 2.45) is 11.3 Å². The van der Waals surface area contributed by atoms with Crippen LogP contribution in [0.2, 0.25) is 0 Å². The Bertz CT molecular complexity index is 318. The summed E-state index contributed by atoms with van der Waals surface area (Å²) in [7, 11) is 3.82. The summed E-state index contributed by atoms with van der Waals surface area (Å²) in [6.07, 6.45) is 3.53. The zero-order chi connectivity index (χ0) is 15.3. The van der Waals surface area contributed by atoms with Gasteiger partial charge in [-0.3, -0.25) is 4.79 Å². The third-order valence-corrected chi connectivity index (χ3v) is 4.69. The lowest BCUT2D eigenvalue weighted by Gasteiger charge is -2.55. The van der Waals surface area contributed by atoms with Crippen LogP contribution in [0.3, 0.4) is 0 Å². The minimum atomic E-state index is 0.0286. The highest BCUT2D eigenvalue weighted by atomic mass is 16.5. The van der Waals surface area contributed by atoms with Gasteiger partial charge in [0.1, 0.15) is 0 Å². The second-order valence-electron chi connectivity index (χ2n) is 6.69. The van der Waals surface area contributed by atoms with Gasteiger partial charge in [-0.2, -0.15) is 0 Å². The SMILES string of the molecule is CCCCOC1CC(N(C)C(=O)C(C)CNC)C1(C)C. The third kappa shape index (κ3) is 3.73. The summed E-state index contributed by atoms with van der Waals surface area (Å²) < 4.78 is 5.95. The van der Waals surface area contributed by atoms with Gasteiger partial charge in [0.25, 0.3) is 0 Å². The molecule has 1 N–H and O–H groups in total. The van der Waals surface area contributed by atoms with Crippen molar-refractivity contribution in [3.05, 3.63) is 0 Å². The van der Waals surface area contributed by atoms with Gasteiger partial charge in [-0.25, -0.2) is 0 Å². The van der Waals surface area contributed by atoms with Gasteiger partial charge in [0.05, 0.1) is 6.10 Å². The smallest absolute Gasteiger partial charge is 0.226 e. The van der Waals surface area contributed by atoms with E-state index in [1.54, 1.807) is 0 Å².